The van der Waals surface area contributed by atoms with Crippen molar-refractivity contribution in [3.8, 4) is 0 Å². The summed E-state index contributed by atoms with van der Waals surface area (Å²) in [5, 5.41) is 42.0. The van der Waals surface area contributed by atoms with Crippen LogP contribution in [-0.2, 0) is 9.47 Å². The minimum atomic E-state index is -0.565. The van der Waals surface area contributed by atoms with Crippen molar-refractivity contribution in [1.82, 2.24) is 10.6 Å². The zero-order chi connectivity index (χ0) is 16.5. The van der Waals surface area contributed by atoms with Gasteiger partial charge in [-0.3, -0.25) is 0 Å². The summed E-state index contributed by atoms with van der Waals surface area (Å²) in [5.74, 6) is 0. The Labute approximate surface area is 132 Å². The van der Waals surface area contributed by atoms with E-state index in [9.17, 15) is 10.2 Å². The average Bonchev–Trinajstić information content (AvgIpc) is 2.50. The summed E-state index contributed by atoms with van der Waals surface area (Å²) in [6.07, 6.45) is 0.527. The molecule has 8 heteroatoms. The van der Waals surface area contributed by atoms with Crippen molar-refractivity contribution in [3.05, 3.63) is 0 Å². The molecule has 0 saturated heterocycles. The second-order valence-corrected chi connectivity index (χ2v) is 5.02. The maximum atomic E-state index is 9.52. The van der Waals surface area contributed by atoms with Crippen LogP contribution in [-0.4, -0.2) is 98.5 Å². The highest BCUT2D eigenvalue weighted by molar-refractivity contribution is 4.58. The van der Waals surface area contributed by atoms with E-state index in [1.807, 2.05) is 0 Å². The molecule has 0 fully saturated rings. The van der Waals surface area contributed by atoms with Gasteiger partial charge in [0.25, 0.3) is 0 Å². The van der Waals surface area contributed by atoms with Gasteiger partial charge < -0.3 is 40.5 Å². The molecule has 0 aromatic carbocycles. The quantitative estimate of drug-likeness (QED) is 0.165. The number of aliphatic hydroxyl groups excluding tert-OH is 4. The van der Waals surface area contributed by atoms with Gasteiger partial charge >= 0.3 is 0 Å². The van der Waals surface area contributed by atoms with Gasteiger partial charge in [0.2, 0.25) is 0 Å². The molecule has 0 aromatic rings. The van der Waals surface area contributed by atoms with Crippen LogP contribution in [0.1, 0.15) is 12.8 Å². The number of nitrogens with one attached hydrogen (secondary N) is 2. The molecule has 0 rings (SSSR count). The van der Waals surface area contributed by atoms with Crippen LogP contribution in [0.2, 0.25) is 0 Å². The van der Waals surface area contributed by atoms with Crippen molar-refractivity contribution in [2.24, 2.45) is 0 Å². The van der Waals surface area contributed by atoms with E-state index in [-0.39, 0.29) is 26.4 Å². The summed E-state index contributed by atoms with van der Waals surface area (Å²) in [6.45, 7) is 3.52. The second kappa shape index (κ2) is 17.0. The Bertz CT molecular complexity index is 202. The van der Waals surface area contributed by atoms with E-state index in [0.717, 1.165) is 12.8 Å². The molecular weight excluding hydrogens is 292 g/mol. The van der Waals surface area contributed by atoms with Gasteiger partial charge in [-0.15, -0.1) is 0 Å². The lowest BCUT2D eigenvalue weighted by Gasteiger charge is -2.13. The van der Waals surface area contributed by atoms with Crippen LogP contribution in [0.3, 0.4) is 0 Å². The van der Waals surface area contributed by atoms with Gasteiger partial charge in [-0.2, -0.15) is 0 Å². The van der Waals surface area contributed by atoms with Crippen molar-refractivity contribution in [3.63, 3.8) is 0 Å². The van der Waals surface area contributed by atoms with Crippen LogP contribution in [0.15, 0.2) is 0 Å². The van der Waals surface area contributed by atoms with Crippen molar-refractivity contribution in [2.75, 3.05) is 65.8 Å². The third-order valence-electron chi connectivity index (χ3n) is 2.78. The summed E-state index contributed by atoms with van der Waals surface area (Å²) in [4.78, 5) is 0. The highest BCUT2D eigenvalue weighted by atomic mass is 16.5. The second-order valence-electron chi connectivity index (χ2n) is 5.02. The first kappa shape index (κ1) is 21.7. The van der Waals surface area contributed by atoms with E-state index in [1.54, 1.807) is 0 Å². The van der Waals surface area contributed by atoms with E-state index in [0.29, 0.717) is 39.4 Å². The molecule has 0 heterocycles. The molecule has 0 aromatic heterocycles. The Hall–Kier alpha value is -0.320. The standard InChI is InChI=1S/C14H32N2O6/c17-5-3-15-9-13(19)11-21-7-1-2-8-22-12-14(20)10-16-4-6-18/h13-20H,1-12H2. The van der Waals surface area contributed by atoms with Crippen LogP contribution in [0, 0.1) is 0 Å². The molecule has 134 valence electrons. The Morgan fingerprint density at radius 2 is 1.14 bits per heavy atom. The molecule has 0 saturated carbocycles. The zero-order valence-electron chi connectivity index (χ0n) is 13.2. The molecule has 22 heavy (non-hydrogen) atoms. The minimum absolute atomic E-state index is 0.0553. The van der Waals surface area contributed by atoms with Crippen molar-refractivity contribution in [1.29, 1.82) is 0 Å². The zero-order valence-corrected chi connectivity index (χ0v) is 13.2. The smallest absolute Gasteiger partial charge is 0.0897 e. The number of unbranched alkanes of at least 4 members (excludes halogenated alkanes) is 1. The maximum Gasteiger partial charge on any atom is 0.0897 e. The summed E-state index contributed by atoms with van der Waals surface area (Å²) in [5.41, 5.74) is 0. The number of ether oxygens (including phenoxy) is 2. The van der Waals surface area contributed by atoms with Gasteiger partial charge in [0.15, 0.2) is 0 Å². The normalized spacial score (nSPS) is 14.2. The van der Waals surface area contributed by atoms with Crippen LogP contribution in [0.4, 0.5) is 0 Å². The average molecular weight is 324 g/mol. The number of aliphatic hydroxyl groups is 4. The predicted octanol–water partition coefficient (Wildman–Crippen LogP) is -2.31. The van der Waals surface area contributed by atoms with Crippen LogP contribution >= 0.6 is 0 Å². The molecule has 0 aliphatic rings. The van der Waals surface area contributed by atoms with Gasteiger partial charge in [-0.25, -0.2) is 0 Å². The molecule has 2 unspecified atom stereocenters. The van der Waals surface area contributed by atoms with Crippen molar-refractivity contribution < 1.29 is 29.9 Å². The Balaban J connectivity index is 3.19. The van der Waals surface area contributed by atoms with E-state index in [4.69, 9.17) is 19.7 Å². The first-order valence-corrected chi connectivity index (χ1v) is 7.85. The Morgan fingerprint density at radius 1 is 0.727 bits per heavy atom. The largest absolute Gasteiger partial charge is 0.395 e. The SMILES string of the molecule is OCCNCC(O)COCCCCOCC(O)CNCCO. The molecule has 0 aliphatic carbocycles. The first-order valence-electron chi connectivity index (χ1n) is 7.85. The molecular formula is C14H32N2O6. The summed E-state index contributed by atoms with van der Waals surface area (Å²) >= 11 is 0. The fraction of sp³-hybridized carbons (Fsp3) is 1.00. The maximum absolute atomic E-state index is 9.52. The van der Waals surface area contributed by atoms with Crippen LogP contribution in [0.5, 0.6) is 0 Å². The summed E-state index contributed by atoms with van der Waals surface area (Å²) < 4.78 is 10.7. The highest BCUT2D eigenvalue weighted by Gasteiger charge is 2.04. The van der Waals surface area contributed by atoms with Gasteiger partial charge in [-0.05, 0) is 12.8 Å². The lowest BCUT2D eigenvalue weighted by molar-refractivity contribution is 0.0213. The molecule has 2 atom stereocenters. The molecule has 0 amide bonds. The van der Waals surface area contributed by atoms with E-state index >= 15 is 0 Å². The van der Waals surface area contributed by atoms with E-state index in [1.165, 1.54) is 0 Å². The molecule has 0 radical (unpaired) electrons. The number of hydrogen-bond donors (Lipinski definition) is 6. The third-order valence-corrected chi connectivity index (χ3v) is 2.78. The lowest BCUT2D eigenvalue weighted by Crippen LogP contribution is -2.32. The van der Waals surface area contributed by atoms with Gasteiger partial charge in [0.05, 0.1) is 38.6 Å². The minimum Gasteiger partial charge on any atom is -0.395 e. The topological polar surface area (TPSA) is 123 Å². The molecule has 0 aliphatic heterocycles. The van der Waals surface area contributed by atoms with Crippen molar-refractivity contribution in [2.45, 2.75) is 25.0 Å². The molecule has 0 bridgehead atoms. The van der Waals surface area contributed by atoms with Gasteiger partial charge in [-0.1, -0.05) is 0 Å². The van der Waals surface area contributed by atoms with Gasteiger partial charge in [0, 0.05) is 39.4 Å². The highest BCUT2D eigenvalue weighted by Crippen LogP contribution is 1.94. The summed E-state index contributed by atoms with van der Waals surface area (Å²) in [6, 6.07) is 0. The first-order chi connectivity index (χ1) is 10.7. The monoisotopic (exact) mass is 324 g/mol. The van der Waals surface area contributed by atoms with E-state index in [2.05, 4.69) is 10.6 Å². The molecule has 8 nitrogen and oxygen atoms in total. The van der Waals surface area contributed by atoms with Crippen LogP contribution in [0.25, 0.3) is 0 Å². The fourth-order valence-electron chi connectivity index (χ4n) is 1.66. The number of rotatable bonds is 17. The number of hydrogen-bond acceptors (Lipinski definition) is 8. The summed E-state index contributed by atoms with van der Waals surface area (Å²) in [7, 11) is 0. The predicted molar refractivity (Wildman–Crippen MR) is 82.8 cm³/mol. The molecule has 0 spiro atoms. The third kappa shape index (κ3) is 16.1. The Morgan fingerprint density at radius 3 is 1.50 bits per heavy atom. The van der Waals surface area contributed by atoms with Gasteiger partial charge in [0.1, 0.15) is 0 Å². The lowest BCUT2D eigenvalue weighted by atomic mass is 10.3. The Kier molecular flexibility index (Phi) is 16.8. The van der Waals surface area contributed by atoms with E-state index < -0.39 is 12.2 Å². The van der Waals surface area contributed by atoms with Crippen molar-refractivity contribution >= 4 is 0 Å². The van der Waals surface area contributed by atoms with Crippen LogP contribution < -0.4 is 10.6 Å². The molecule has 6 N–H and O–H groups in total. The fourth-order valence-corrected chi connectivity index (χ4v) is 1.66.